The maximum Gasteiger partial charge on any atom is 0.282 e. The number of hydrogen-bond donors (Lipinski definition) is 0. The summed E-state index contributed by atoms with van der Waals surface area (Å²) in [7, 11) is -3.36. The smallest absolute Gasteiger partial charge is 0.282 e. The van der Waals surface area contributed by atoms with Gasteiger partial charge in [-0.1, -0.05) is 18.2 Å². The Morgan fingerprint density at radius 2 is 1.88 bits per heavy atom. The molecule has 2 saturated heterocycles. The molecule has 25 heavy (non-hydrogen) atoms. The van der Waals surface area contributed by atoms with E-state index < -0.39 is 10.2 Å². The molecule has 1 aromatic carbocycles. The van der Waals surface area contributed by atoms with Gasteiger partial charge in [0.2, 0.25) is 0 Å². The highest BCUT2D eigenvalue weighted by Crippen LogP contribution is 2.27. The Morgan fingerprint density at radius 3 is 2.72 bits per heavy atom. The minimum Gasteiger partial charge on any atom is -0.379 e. The first kappa shape index (κ1) is 16.9. The summed E-state index contributed by atoms with van der Waals surface area (Å²) in [5.74, 6) is 0.349. The molecule has 7 heteroatoms. The van der Waals surface area contributed by atoms with Crippen LogP contribution in [-0.4, -0.2) is 61.4 Å². The molecule has 0 aliphatic carbocycles. The Morgan fingerprint density at radius 1 is 1.08 bits per heavy atom. The number of morpholine rings is 1. The van der Waals surface area contributed by atoms with Crippen LogP contribution in [0.5, 0.6) is 0 Å². The zero-order valence-corrected chi connectivity index (χ0v) is 15.0. The van der Waals surface area contributed by atoms with E-state index in [1.807, 2.05) is 24.4 Å². The lowest BCUT2D eigenvalue weighted by atomic mass is 9.96. The average Bonchev–Trinajstić information content (AvgIpc) is 3.12. The number of pyridine rings is 1. The second-order valence-electron chi connectivity index (χ2n) is 6.72. The van der Waals surface area contributed by atoms with Crippen LogP contribution in [0.2, 0.25) is 0 Å². The molecular formula is C18H23N3O3S. The van der Waals surface area contributed by atoms with E-state index in [4.69, 9.17) is 4.74 Å². The van der Waals surface area contributed by atoms with Crippen molar-refractivity contribution in [2.24, 2.45) is 5.92 Å². The van der Waals surface area contributed by atoms with Gasteiger partial charge in [-0.3, -0.25) is 4.98 Å². The topological polar surface area (TPSA) is 62.7 Å². The Bertz CT molecular complexity index is 844. The summed E-state index contributed by atoms with van der Waals surface area (Å²) in [4.78, 5) is 4.41. The first-order chi connectivity index (χ1) is 12.1. The Hall–Kier alpha value is -1.54. The van der Waals surface area contributed by atoms with Crippen LogP contribution in [0.25, 0.3) is 10.9 Å². The fraction of sp³-hybridized carbons (Fsp3) is 0.500. The second kappa shape index (κ2) is 6.99. The lowest BCUT2D eigenvalue weighted by Gasteiger charge is -2.30. The molecule has 2 aromatic rings. The average molecular weight is 361 g/mol. The molecule has 1 atom stereocenters. The number of nitrogens with zero attached hydrogens (tertiary/aromatic N) is 3. The van der Waals surface area contributed by atoms with Crippen molar-refractivity contribution in [3.8, 4) is 0 Å². The molecule has 3 heterocycles. The first-order valence-corrected chi connectivity index (χ1v) is 10.2. The van der Waals surface area contributed by atoms with Gasteiger partial charge in [0.1, 0.15) is 0 Å². The molecule has 0 unspecified atom stereocenters. The summed E-state index contributed by atoms with van der Waals surface area (Å²) in [6, 6.07) is 10.2. The van der Waals surface area contributed by atoms with Crippen molar-refractivity contribution in [2.75, 3.05) is 39.4 Å². The van der Waals surface area contributed by atoms with E-state index in [0.717, 1.165) is 18.4 Å². The van der Waals surface area contributed by atoms with E-state index >= 15 is 0 Å². The fourth-order valence-corrected chi connectivity index (χ4v) is 5.43. The quantitative estimate of drug-likeness (QED) is 0.831. The molecule has 134 valence electrons. The predicted molar refractivity (Wildman–Crippen MR) is 96.4 cm³/mol. The largest absolute Gasteiger partial charge is 0.379 e. The van der Waals surface area contributed by atoms with Crippen molar-refractivity contribution >= 4 is 21.1 Å². The van der Waals surface area contributed by atoms with Gasteiger partial charge in [0.25, 0.3) is 10.2 Å². The SMILES string of the molecule is O=S(=O)(N1CCOCC1)N1CC[C@H](Cc2ccnc3ccccc23)C1. The minimum atomic E-state index is -3.36. The van der Waals surface area contributed by atoms with Crippen molar-refractivity contribution in [3.05, 3.63) is 42.1 Å². The summed E-state index contributed by atoms with van der Waals surface area (Å²) >= 11 is 0. The summed E-state index contributed by atoms with van der Waals surface area (Å²) in [6.07, 6.45) is 3.63. The summed E-state index contributed by atoms with van der Waals surface area (Å²) in [5, 5.41) is 1.17. The maximum absolute atomic E-state index is 12.8. The van der Waals surface area contributed by atoms with E-state index in [2.05, 4.69) is 17.1 Å². The number of fused-ring (bicyclic) bond motifs is 1. The van der Waals surface area contributed by atoms with Gasteiger partial charge in [-0.05, 0) is 36.5 Å². The van der Waals surface area contributed by atoms with Crippen LogP contribution in [0, 0.1) is 5.92 Å². The van der Waals surface area contributed by atoms with E-state index in [0.29, 0.717) is 45.3 Å². The number of rotatable bonds is 4. The van der Waals surface area contributed by atoms with Crippen LogP contribution >= 0.6 is 0 Å². The highest BCUT2D eigenvalue weighted by molar-refractivity contribution is 7.86. The van der Waals surface area contributed by atoms with E-state index in [1.54, 1.807) is 8.61 Å². The van der Waals surface area contributed by atoms with E-state index in [-0.39, 0.29) is 0 Å². The fourth-order valence-electron chi connectivity index (χ4n) is 3.76. The van der Waals surface area contributed by atoms with Gasteiger partial charge >= 0.3 is 0 Å². The Kier molecular flexibility index (Phi) is 4.73. The molecule has 2 fully saturated rings. The number of hydrogen-bond acceptors (Lipinski definition) is 4. The normalized spacial score (nSPS) is 23.3. The third-order valence-electron chi connectivity index (χ3n) is 5.12. The molecule has 0 bridgehead atoms. The molecule has 0 radical (unpaired) electrons. The number of benzene rings is 1. The van der Waals surface area contributed by atoms with E-state index in [9.17, 15) is 8.42 Å². The molecule has 2 aliphatic heterocycles. The Balaban J connectivity index is 1.47. The summed E-state index contributed by atoms with van der Waals surface area (Å²) < 4.78 is 34.0. The monoisotopic (exact) mass is 361 g/mol. The van der Waals surface area contributed by atoms with Gasteiger partial charge in [0.15, 0.2) is 0 Å². The van der Waals surface area contributed by atoms with Crippen molar-refractivity contribution in [1.29, 1.82) is 0 Å². The lowest BCUT2D eigenvalue weighted by molar-refractivity contribution is 0.0705. The summed E-state index contributed by atoms with van der Waals surface area (Å²) in [5.41, 5.74) is 2.25. The molecule has 0 N–H and O–H groups in total. The standard InChI is InChI=1S/C18H23N3O3S/c22-25(23,20-9-11-24-12-10-20)21-8-6-15(14-21)13-16-5-7-19-18-4-2-1-3-17(16)18/h1-5,7,15H,6,8-14H2/t15-/m1/s1. The summed E-state index contributed by atoms with van der Waals surface area (Å²) in [6.45, 7) is 3.08. The number of para-hydroxylation sites is 1. The highest BCUT2D eigenvalue weighted by Gasteiger charge is 2.36. The van der Waals surface area contributed by atoms with Crippen LogP contribution in [-0.2, 0) is 21.4 Å². The van der Waals surface area contributed by atoms with Crippen LogP contribution < -0.4 is 0 Å². The molecule has 1 aromatic heterocycles. The van der Waals surface area contributed by atoms with Gasteiger partial charge in [-0.25, -0.2) is 0 Å². The van der Waals surface area contributed by atoms with Crippen molar-refractivity contribution < 1.29 is 13.2 Å². The van der Waals surface area contributed by atoms with Crippen molar-refractivity contribution in [2.45, 2.75) is 12.8 Å². The van der Waals surface area contributed by atoms with E-state index in [1.165, 1.54) is 10.9 Å². The third kappa shape index (κ3) is 3.42. The molecule has 6 nitrogen and oxygen atoms in total. The maximum atomic E-state index is 12.8. The molecule has 4 rings (SSSR count). The van der Waals surface area contributed by atoms with Gasteiger partial charge in [0.05, 0.1) is 18.7 Å². The lowest BCUT2D eigenvalue weighted by Crippen LogP contribution is -2.47. The molecule has 0 saturated carbocycles. The molecule has 0 amide bonds. The first-order valence-electron chi connectivity index (χ1n) is 8.80. The second-order valence-corrected chi connectivity index (χ2v) is 8.65. The zero-order chi connectivity index (χ0) is 17.3. The molecule has 0 spiro atoms. The zero-order valence-electron chi connectivity index (χ0n) is 14.2. The van der Waals surface area contributed by atoms with Gasteiger partial charge in [0, 0.05) is 37.8 Å². The third-order valence-corrected chi connectivity index (χ3v) is 7.12. The van der Waals surface area contributed by atoms with Crippen LogP contribution in [0.15, 0.2) is 36.5 Å². The minimum absolute atomic E-state index is 0.349. The number of aromatic nitrogens is 1. The number of ether oxygens (including phenoxy) is 1. The van der Waals surface area contributed by atoms with Gasteiger partial charge in [-0.2, -0.15) is 17.0 Å². The predicted octanol–water partition coefficient (Wildman–Crippen LogP) is 1.68. The molecular weight excluding hydrogens is 338 g/mol. The Labute approximate surface area is 148 Å². The van der Waals surface area contributed by atoms with Crippen LogP contribution in [0.4, 0.5) is 0 Å². The highest BCUT2D eigenvalue weighted by atomic mass is 32.2. The van der Waals surface area contributed by atoms with Crippen LogP contribution in [0.3, 0.4) is 0 Å². The van der Waals surface area contributed by atoms with Crippen molar-refractivity contribution in [3.63, 3.8) is 0 Å². The van der Waals surface area contributed by atoms with Crippen molar-refractivity contribution in [1.82, 2.24) is 13.6 Å². The van der Waals surface area contributed by atoms with Gasteiger partial charge < -0.3 is 4.74 Å². The van der Waals surface area contributed by atoms with Gasteiger partial charge in [-0.15, -0.1) is 0 Å². The molecule has 2 aliphatic rings. The van der Waals surface area contributed by atoms with Crippen LogP contribution in [0.1, 0.15) is 12.0 Å².